The maximum atomic E-state index is 12.4. The summed E-state index contributed by atoms with van der Waals surface area (Å²) >= 11 is 0. The molecule has 2 aromatic carbocycles. The third kappa shape index (κ3) is 3.47. The summed E-state index contributed by atoms with van der Waals surface area (Å²) in [4.78, 5) is 12.4. The van der Waals surface area contributed by atoms with Gasteiger partial charge in [0.1, 0.15) is 12.4 Å². The van der Waals surface area contributed by atoms with Gasteiger partial charge in [0.15, 0.2) is 0 Å². The van der Waals surface area contributed by atoms with Crippen LogP contribution in [0.15, 0.2) is 54.6 Å². The van der Waals surface area contributed by atoms with Gasteiger partial charge in [0.2, 0.25) is 0 Å². The van der Waals surface area contributed by atoms with Crippen molar-refractivity contribution in [2.45, 2.75) is 57.5 Å². The zero-order valence-electron chi connectivity index (χ0n) is 16.1. The summed E-state index contributed by atoms with van der Waals surface area (Å²) in [5.41, 5.74) is 2.51. The van der Waals surface area contributed by atoms with E-state index in [1.54, 1.807) is 0 Å². The molecule has 0 spiro atoms. The van der Waals surface area contributed by atoms with Gasteiger partial charge in [-0.2, -0.15) is 0 Å². The van der Waals surface area contributed by atoms with Crippen molar-refractivity contribution in [1.82, 2.24) is 0 Å². The van der Waals surface area contributed by atoms with Crippen molar-refractivity contribution in [3.63, 3.8) is 0 Å². The number of rotatable bonds is 6. The van der Waals surface area contributed by atoms with E-state index in [0.29, 0.717) is 13.2 Å². The van der Waals surface area contributed by atoms with Crippen LogP contribution in [-0.4, -0.2) is 12.6 Å². The lowest BCUT2D eigenvalue weighted by Crippen LogP contribution is -2.48. The molecule has 5 rings (SSSR count). The lowest BCUT2D eigenvalue weighted by Gasteiger charge is -2.52. The van der Waals surface area contributed by atoms with Gasteiger partial charge in [0, 0.05) is 0 Å². The average Bonchev–Trinajstić information content (AvgIpc) is 2.75. The van der Waals surface area contributed by atoms with Crippen molar-refractivity contribution in [1.29, 1.82) is 0 Å². The van der Waals surface area contributed by atoms with E-state index < -0.39 is 0 Å². The van der Waals surface area contributed by atoms with Crippen LogP contribution in [0.2, 0.25) is 0 Å². The molecular weight excluding hydrogens is 336 g/mol. The highest BCUT2D eigenvalue weighted by atomic mass is 16.5. The summed E-state index contributed by atoms with van der Waals surface area (Å²) in [7, 11) is 0. The van der Waals surface area contributed by atoms with Gasteiger partial charge in [0.05, 0.1) is 12.0 Å². The zero-order valence-corrected chi connectivity index (χ0v) is 16.1. The molecule has 0 saturated heterocycles. The van der Waals surface area contributed by atoms with Crippen LogP contribution in [0.4, 0.5) is 0 Å². The van der Waals surface area contributed by atoms with Crippen molar-refractivity contribution < 1.29 is 14.3 Å². The van der Waals surface area contributed by atoms with Gasteiger partial charge in [-0.05, 0) is 74.1 Å². The summed E-state index contributed by atoms with van der Waals surface area (Å²) in [5.74, 6) is 0.955. The fourth-order valence-electron chi connectivity index (χ4n) is 4.87. The lowest BCUT2D eigenvalue weighted by atomic mass is 9.52. The summed E-state index contributed by atoms with van der Waals surface area (Å²) in [5, 5.41) is 0. The number of carbonyl (C=O) groups excluding carboxylic acids is 1. The van der Waals surface area contributed by atoms with Gasteiger partial charge in [-0.25, -0.2) is 0 Å². The fraction of sp³-hybridized carbons (Fsp3) is 0.458. The molecular formula is C24H28O3. The van der Waals surface area contributed by atoms with Crippen LogP contribution in [0, 0.1) is 5.41 Å². The Morgan fingerprint density at radius 2 is 1.63 bits per heavy atom. The van der Waals surface area contributed by atoms with E-state index >= 15 is 0 Å². The van der Waals surface area contributed by atoms with Crippen LogP contribution in [0.25, 0.3) is 0 Å². The van der Waals surface area contributed by atoms with Gasteiger partial charge in [0.25, 0.3) is 0 Å². The second kappa shape index (κ2) is 7.38. The second-order valence-electron chi connectivity index (χ2n) is 8.08. The van der Waals surface area contributed by atoms with Crippen LogP contribution in [0.1, 0.15) is 56.6 Å². The van der Waals surface area contributed by atoms with Crippen LogP contribution >= 0.6 is 0 Å². The van der Waals surface area contributed by atoms with E-state index in [4.69, 9.17) is 9.47 Å². The Hall–Kier alpha value is -2.29. The normalized spacial score (nSPS) is 26.6. The van der Waals surface area contributed by atoms with Crippen LogP contribution in [0.5, 0.6) is 5.75 Å². The minimum absolute atomic E-state index is 0.0262. The van der Waals surface area contributed by atoms with Crippen LogP contribution in [0.3, 0.4) is 0 Å². The summed E-state index contributed by atoms with van der Waals surface area (Å²) in [6.07, 6.45) is 6.03. The first-order chi connectivity index (χ1) is 13.2. The summed E-state index contributed by atoms with van der Waals surface area (Å²) in [6.45, 7) is 2.96. The minimum Gasteiger partial charge on any atom is -0.489 e. The average molecular weight is 364 g/mol. The van der Waals surface area contributed by atoms with Gasteiger partial charge >= 0.3 is 5.97 Å². The van der Waals surface area contributed by atoms with Gasteiger partial charge in [-0.15, -0.1) is 0 Å². The molecule has 3 aliphatic carbocycles. The molecule has 0 radical (unpaired) electrons. The first kappa shape index (κ1) is 18.1. The molecule has 2 bridgehead atoms. The molecule has 142 valence electrons. The highest BCUT2D eigenvalue weighted by Crippen LogP contribution is 2.58. The molecule has 3 saturated carbocycles. The highest BCUT2D eigenvalue weighted by molar-refractivity contribution is 5.77. The third-order valence-corrected chi connectivity index (χ3v) is 6.65. The quantitative estimate of drug-likeness (QED) is 0.642. The summed E-state index contributed by atoms with van der Waals surface area (Å²) in [6, 6.07) is 18.8. The van der Waals surface area contributed by atoms with Crippen molar-refractivity contribution in [2.24, 2.45) is 5.41 Å². The van der Waals surface area contributed by atoms with E-state index in [-0.39, 0.29) is 16.8 Å². The van der Waals surface area contributed by atoms with E-state index in [1.165, 1.54) is 11.1 Å². The Morgan fingerprint density at radius 1 is 0.926 bits per heavy atom. The van der Waals surface area contributed by atoms with Crippen LogP contribution < -0.4 is 4.74 Å². The Morgan fingerprint density at radius 3 is 2.30 bits per heavy atom. The molecule has 27 heavy (non-hydrogen) atoms. The summed E-state index contributed by atoms with van der Waals surface area (Å²) < 4.78 is 11.4. The number of hydrogen-bond donors (Lipinski definition) is 0. The molecule has 3 nitrogen and oxygen atoms in total. The van der Waals surface area contributed by atoms with Gasteiger partial charge in [-0.3, -0.25) is 4.79 Å². The van der Waals surface area contributed by atoms with Crippen molar-refractivity contribution in [3.8, 4) is 5.75 Å². The van der Waals surface area contributed by atoms with Gasteiger partial charge < -0.3 is 9.47 Å². The predicted octanol–water partition coefficient (Wildman–Crippen LogP) is 5.42. The number of hydrogen-bond acceptors (Lipinski definition) is 3. The molecule has 0 unspecified atom stereocenters. The van der Waals surface area contributed by atoms with Crippen molar-refractivity contribution >= 4 is 5.97 Å². The Kier molecular flexibility index (Phi) is 4.94. The molecule has 0 N–H and O–H groups in total. The Balaban J connectivity index is 1.46. The lowest BCUT2D eigenvalue weighted by molar-refractivity contribution is -0.162. The second-order valence-corrected chi connectivity index (χ2v) is 8.08. The van der Waals surface area contributed by atoms with E-state index in [1.807, 2.05) is 31.2 Å². The first-order valence-electron chi connectivity index (χ1n) is 10.1. The maximum absolute atomic E-state index is 12.4. The van der Waals surface area contributed by atoms with Gasteiger partial charge in [-0.1, -0.05) is 42.5 Å². The highest BCUT2D eigenvalue weighted by Gasteiger charge is 2.53. The van der Waals surface area contributed by atoms with E-state index in [9.17, 15) is 4.79 Å². The monoisotopic (exact) mass is 364 g/mol. The minimum atomic E-state index is -0.223. The SMILES string of the molecule is CCOC(=O)C12CCC(c3cccc(OCc4ccccc4)c3)(CC1)CC2. The molecule has 3 aliphatic rings. The Bertz CT molecular complexity index is 772. The zero-order chi connectivity index (χ0) is 18.7. The molecule has 2 aromatic rings. The smallest absolute Gasteiger partial charge is 0.312 e. The molecule has 0 atom stereocenters. The fourth-order valence-corrected chi connectivity index (χ4v) is 4.87. The molecule has 0 aliphatic heterocycles. The Labute approximate surface area is 161 Å². The maximum Gasteiger partial charge on any atom is 0.312 e. The number of fused-ring (bicyclic) bond motifs is 3. The topological polar surface area (TPSA) is 35.5 Å². The number of benzene rings is 2. The van der Waals surface area contributed by atoms with Crippen molar-refractivity contribution in [3.05, 3.63) is 65.7 Å². The van der Waals surface area contributed by atoms with Crippen LogP contribution in [-0.2, 0) is 21.6 Å². The molecule has 3 fully saturated rings. The molecule has 0 heterocycles. The van der Waals surface area contributed by atoms with E-state index in [0.717, 1.165) is 44.3 Å². The number of carbonyl (C=O) groups is 1. The third-order valence-electron chi connectivity index (χ3n) is 6.65. The molecule has 0 amide bonds. The van der Waals surface area contributed by atoms with E-state index in [2.05, 4.69) is 30.3 Å². The number of esters is 1. The number of ether oxygens (including phenoxy) is 2. The molecule has 0 aromatic heterocycles. The van der Waals surface area contributed by atoms with Crippen molar-refractivity contribution in [2.75, 3.05) is 6.61 Å². The first-order valence-corrected chi connectivity index (χ1v) is 10.1. The standard InChI is InChI=1S/C24H28O3/c1-2-26-22(25)24-14-11-23(12-15-24,13-16-24)20-9-6-10-21(17-20)27-18-19-7-4-3-5-8-19/h3-10,17H,2,11-16,18H2,1H3. The largest absolute Gasteiger partial charge is 0.489 e. The predicted molar refractivity (Wildman–Crippen MR) is 106 cm³/mol. The molecule has 3 heteroatoms.